The van der Waals surface area contributed by atoms with Crippen molar-refractivity contribution in [2.45, 2.75) is 6.92 Å². The number of benzene rings is 1. The van der Waals surface area contributed by atoms with Crippen LogP contribution in [0.2, 0.25) is 0 Å². The molecule has 2 N–H and O–H groups in total. The zero-order valence-corrected chi connectivity index (χ0v) is 12.8. The Hall–Kier alpha value is -2.58. The van der Waals surface area contributed by atoms with Gasteiger partial charge in [0.05, 0.1) is 0 Å². The van der Waals surface area contributed by atoms with Gasteiger partial charge in [0.25, 0.3) is 0 Å². The Morgan fingerprint density at radius 1 is 1.18 bits per heavy atom. The van der Waals surface area contributed by atoms with Crippen LogP contribution in [0.5, 0.6) is 0 Å². The Labute approximate surface area is 131 Å². The first-order valence-corrected chi connectivity index (χ1v) is 7.30. The summed E-state index contributed by atoms with van der Waals surface area (Å²) >= 11 is 0. The van der Waals surface area contributed by atoms with E-state index in [1.807, 2.05) is 61.6 Å². The number of para-hydroxylation sites is 1. The Kier molecular flexibility index (Phi) is 5.75. The molecule has 0 saturated carbocycles. The topological polar surface area (TPSA) is 39.2 Å². The predicted molar refractivity (Wildman–Crippen MR) is 96.4 cm³/mol. The maximum atomic E-state index is 5.88. The van der Waals surface area contributed by atoms with Crippen molar-refractivity contribution in [1.29, 1.82) is 0 Å². The molecule has 2 nitrogen and oxygen atoms in total. The number of fused-ring (bicyclic) bond motifs is 1. The van der Waals surface area contributed by atoms with Gasteiger partial charge < -0.3 is 10.2 Å². The molecule has 1 aromatic carbocycles. The molecular weight excluding hydrogens is 270 g/mol. The minimum atomic E-state index is 0.544. The van der Waals surface area contributed by atoms with Crippen LogP contribution in [-0.2, 0) is 0 Å². The summed E-state index contributed by atoms with van der Waals surface area (Å²) in [6, 6.07) is 8.02. The van der Waals surface area contributed by atoms with E-state index in [-0.39, 0.29) is 0 Å². The molecule has 112 valence electrons. The highest BCUT2D eigenvalue weighted by atomic mass is 16.3. The summed E-state index contributed by atoms with van der Waals surface area (Å²) in [5, 5.41) is 1.10. The van der Waals surface area contributed by atoms with Crippen molar-refractivity contribution in [2.24, 2.45) is 5.73 Å². The van der Waals surface area contributed by atoms with Crippen molar-refractivity contribution in [3.63, 3.8) is 0 Å². The van der Waals surface area contributed by atoms with Gasteiger partial charge in [0.1, 0.15) is 11.3 Å². The normalized spacial score (nSPS) is 13.1. The average molecular weight is 291 g/mol. The van der Waals surface area contributed by atoms with Gasteiger partial charge in [-0.3, -0.25) is 0 Å². The lowest BCUT2D eigenvalue weighted by Crippen LogP contribution is -1.99. The van der Waals surface area contributed by atoms with Crippen LogP contribution in [0.3, 0.4) is 0 Å². The fraction of sp³-hybridized carbons (Fsp3) is 0.100. The van der Waals surface area contributed by atoms with Crippen molar-refractivity contribution < 1.29 is 4.42 Å². The van der Waals surface area contributed by atoms with Crippen molar-refractivity contribution >= 4 is 23.1 Å². The Morgan fingerprint density at radius 2 is 2.00 bits per heavy atom. The molecule has 0 fully saturated rings. The summed E-state index contributed by atoms with van der Waals surface area (Å²) in [4.78, 5) is 0. The molecule has 0 bridgehead atoms. The number of furan rings is 1. The highest BCUT2D eigenvalue weighted by molar-refractivity contribution is 5.91. The lowest BCUT2D eigenvalue weighted by Gasteiger charge is -1.93. The molecule has 2 rings (SSSR count). The van der Waals surface area contributed by atoms with E-state index >= 15 is 0 Å². The van der Waals surface area contributed by atoms with Gasteiger partial charge >= 0.3 is 0 Å². The third kappa shape index (κ3) is 3.74. The van der Waals surface area contributed by atoms with Crippen LogP contribution in [0.1, 0.15) is 18.2 Å². The molecule has 0 radical (unpaired) electrons. The number of allylic oxidation sites excluding steroid dienone is 5. The predicted octanol–water partition coefficient (Wildman–Crippen LogP) is 5.11. The third-order valence-corrected chi connectivity index (χ3v) is 3.34. The van der Waals surface area contributed by atoms with Crippen LogP contribution in [-0.4, -0.2) is 6.54 Å². The summed E-state index contributed by atoms with van der Waals surface area (Å²) < 4.78 is 5.88. The van der Waals surface area contributed by atoms with Crippen molar-refractivity contribution in [3.05, 3.63) is 84.2 Å². The van der Waals surface area contributed by atoms with Crippen molar-refractivity contribution in [2.75, 3.05) is 6.54 Å². The van der Waals surface area contributed by atoms with Crippen molar-refractivity contribution in [3.8, 4) is 0 Å². The summed E-state index contributed by atoms with van der Waals surface area (Å²) in [5.74, 6) is 0.829. The zero-order valence-electron chi connectivity index (χ0n) is 12.8. The van der Waals surface area contributed by atoms with Crippen LogP contribution in [0, 0.1) is 0 Å². The largest absolute Gasteiger partial charge is 0.456 e. The molecule has 0 saturated heterocycles. The van der Waals surface area contributed by atoms with Gasteiger partial charge in [0.15, 0.2) is 0 Å². The second-order valence-corrected chi connectivity index (χ2v) is 4.76. The lowest BCUT2D eigenvalue weighted by atomic mass is 10.1. The van der Waals surface area contributed by atoms with Gasteiger partial charge in [-0.15, -0.1) is 0 Å². The molecule has 1 heterocycles. The molecular formula is C20H21NO. The highest BCUT2D eigenvalue weighted by Crippen LogP contribution is 2.28. The number of hydrogen-bond donors (Lipinski definition) is 1. The molecule has 0 atom stereocenters. The molecule has 0 spiro atoms. The Balaban J connectivity index is 2.36. The van der Waals surface area contributed by atoms with Gasteiger partial charge in [-0.25, -0.2) is 0 Å². The number of hydrogen-bond acceptors (Lipinski definition) is 2. The first kappa shape index (κ1) is 15.8. The smallest absolute Gasteiger partial charge is 0.135 e. The Bertz CT molecular complexity index is 757. The van der Waals surface area contributed by atoms with E-state index < -0.39 is 0 Å². The fourth-order valence-electron chi connectivity index (χ4n) is 2.15. The van der Waals surface area contributed by atoms with E-state index in [0.717, 1.165) is 27.9 Å². The van der Waals surface area contributed by atoms with E-state index in [4.69, 9.17) is 10.2 Å². The minimum Gasteiger partial charge on any atom is -0.456 e. The quantitative estimate of drug-likeness (QED) is 0.751. The van der Waals surface area contributed by atoms with E-state index in [1.165, 1.54) is 0 Å². The third-order valence-electron chi connectivity index (χ3n) is 3.34. The fourth-order valence-corrected chi connectivity index (χ4v) is 2.15. The summed E-state index contributed by atoms with van der Waals surface area (Å²) in [7, 11) is 0. The van der Waals surface area contributed by atoms with Gasteiger partial charge in [-0.05, 0) is 24.6 Å². The molecule has 1 aromatic heterocycles. The summed E-state index contributed by atoms with van der Waals surface area (Å²) in [6.07, 6.45) is 15.6. The molecule has 0 unspecified atom stereocenters. The number of rotatable bonds is 6. The van der Waals surface area contributed by atoms with Crippen LogP contribution in [0.25, 0.3) is 23.1 Å². The van der Waals surface area contributed by atoms with E-state index in [1.54, 1.807) is 6.08 Å². The van der Waals surface area contributed by atoms with E-state index in [0.29, 0.717) is 6.54 Å². The van der Waals surface area contributed by atoms with Gasteiger partial charge in [0.2, 0.25) is 0 Å². The molecule has 0 aliphatic rings. The molecule has 0 amide bonds. The first-order valence-electron chi connectivity index (χ1n) is 7.30. The zero-order chi connectivity index (χ0) is 15.8. The van der Waals surface area contributed by atoms with Gasteiger partial charge in [0, 0.05) is 17.5 Å². The monoisotopic (exact) mass is 291 g/mol. The molecule has 22 heavy (non-hydrogen) atoms. The molecule has 0 aliphatic carbocycles. The van der Waals surface area contributed by atoms with Gasteiger partial charge in [-0.2, -0.15) is 0 Å². The van der Waals surface area contributed by atoms with Crippen molar-refractivity contribution in [1.82, 2.24) is 0 Å². The molecule has 0 aliphatic heterocycles. The Morgan fingerprint density at radius 3 is 2.73 bits per heavy atom. The number of nitrogens with two attached hydrogens (primary N) is 1. The van der Waals surface area contributed by atoms with Crippen LogP contribution in [0.4, 0.5) is 0 Å². The minimum absolute atomic E-state index is 0.544. The summed E-state index contributed by atoms with van der Waals surface area (Å²) in [5.41, 5.74) is 8.68. The average Bonchev–Trinajstić information content (AvgIpc) is 2.91. The molecule has 2 heteroatoms. The standard InChI is InChI=1S/C20H21NO/c1-3-5-13-19-17(11-7-6-10-16(4-2)15-21)18-12-8-9-14-20(18)22-19/h3-14H,1,15,21H2,2H3/b10-6+,11-7+,13-5-,16-4+. The van der Waals surface area contributed by atoms with Crippen LogP contribution >= 0.6 is 0 Å². The molecule has 2 aromatic rings. The lowest BCUT2D eigenvalue weighted by molar-refractivity contribution is 0.603. The second kappa shape index (κ2) is 8.01. The highest BCUT2D eigenvalue weighted by Gasteiger charge is 2.08. The van der Waals surface area contributed by atoms with E-state index in [2.05, 4.69) is 18.7 Å². The van der Waals surface area contributed by atoms with Crippen LogP contribution in [0.15, 0.2) is 77.3 Å². The second-order valence-electron chi connectivity index (χ2n) is 4.76. The maximum absolute atomic E-state index is 5.88. The van der Waals surface area contributed by atoms with Crippen LogP contribution < -0.4 is 5.73 Å². The van der Waals surface area contributed by atoms with Gasteiger partial charge in [-0.1, -0.05) is 67.3 Å². The summed E-state index contributed by atoms with van der Waals surface area (Å²) in [6.45, 7) is 6.23. The SMILES string of the molecule is C=C/C=C\c1oc2ccccc2c1/C=C/C=C/C(=C\C)CN. The first-order chi connectivity index (χ1) is 10.8. The van der Waals surface area contributed by atoms with E-state index in [9.17, 15) is 0 Å². The maximum Gasteiger partial charge on any atom is 0.135 e.